The number of hydrogen-bond acceptors (Lipinski definition) is 7. The molecule has 0 radical (unpaired) electrons. The first-order valence-corrected chi connectivity index (χ1v) is 12.4. The van der Waals surface area contributed by atoms with Crippen LogP contribution < -0.4 is 4.74 Å². The van der Waals surface area contributed by atoms with E-state index < -0.39 is 0 Å². The maximum atomic E-state index is 13.1. The summed E-state index contributed by atoms with van der Waals surface area (Å²) in [5.41, 5.74) is 1.68. The number of amides is 1. The van der Waals surface area contributed by atoms with E-state index in [0.29, 0.717) is 34.7 Å². The number of thiazole rings is 1. The first-order valence-electron chi connectivity index (χ1n) is 10.7. The molecule has 8 heteroatoms. The molecule has 6 nitrogen and oxygen atoms in total. The number of aromatic nitrogens is 1. The molecular formula is C26H21N3O3S2. The van der Waals surface area contributed by atoms with Crippen molar-refractivity contribution in [2.75, 3.05) is 13.2 Å². The highest BCUT2D eigenvalue weighted by atomic mass is 32.2. The fourth-order valence-corrected chi connectivity index (χ4v) is 5.34. The van der Waals surface area contributed by atoms with Gasteiger partial charge in [0.15, 0.2) is 15.9 Å². The first kappa shape index (κ1) is 22.2. The van der Waals surface area contributed by atoms with Gasteiger partial charge in [-0.1, -0.05) is 18.2 Å². The van der Waals surface area contributed by atoms with E-state index in [1.807, 2.05) is 67.6 Å². The number of rotatable bonds is 7. The number of nitrogens with zero attached hydrogens (tertiary/aromatic N) is 3. The zero-order valence-corrected chi connectivity index (χ0v) is 20.1. The van der Waals surface area contributed by atoms with Gasteiger partial charge < -0.3 is 9.15 Å². The Morgan fingerprint density at radius 1 is 1.15 bits per heavy atom. The second-order valence-electron chi connectivity index (χ2n) is 7.33. The lowest BCUT2D eigenvalue weighted by Crippen LogP contribution is -2.29. The van der Waals surface area contributed by atoms with E-state index >= 15 is 0 Å². The normalized spacial score (nSPS) is 16.1. The molecule has 2 aromatic heterocycles. The number of benzene rings is 2. The molecule has 1 aliphatic rings. The average molecular weight is 488 g/mol. The van der Waals surface area contributed by atoms with E-state index in [1.54, 1.807) is 28.4 Å². The molecule has 3 heterocycles. The molecule has 1 amide bonds. The van der Waals surface area contributed by atoms with Crippen molar-refractivity contribution in [2.24, 2.45) is 4.99 Å². The lowest BCUT2D eigenvalue weighted by Gasteiger charge is -2.12. The monoisotopic (exact) mass is 487 g/mol. The smallest absolute Gasteiger partial charge is 0.267 e. The topological polar surface area (TPSA) is 67.9 Å². The Bertz CT molecular complexity index is 1380. The minimum absolute atomic E-state index is 0.132. The van der Waals surface area contributed by atoms with Gasteiger partial charge in [-0.25, -0.2) is 9.98 Å². The van der Waals surface area contributed by atoms with Crippen LogP contribution in [0.3, 0.4) is 0 Å². The zero-order valence-electron chi connectivity index (χ0n) is 18.4. The Morgan fingerprint density at radius 2 is 1.97 bits per heavy atom. The molecule has 170 valence electrons. The summed E-state index contributed by atoms with van der Waals surface area (Å²) in [4.78, 5) is 24.5. The number of ether oxygens (including phenoxy) is 1. The van der Waals surface area contributed by atoms with Crippen LogP contribution in [0.4, 0.5) is 5.69 Å². The summed E-state index contributed by atoms with van der Waals surface area (Å²) in [6.07, 6.45) is 3.44. The highest BCUT2D eigenvalue weighted by Crippen LogP contribution is 2.36. The number of hydrogen-bond donors (Lipinski definition) is 0. The van der Waals surface area contributed by atoms with Gasteiger partial charge in [0.1, 0.15) is 11.5 Å². The summed E-state index contributed by atoms with van der Waals surface area (Å²) in [7, 11) is 0. The standard InChI is InChI=1S/C26H21N3O3S2/c1-3-15-29-25(30)23(34-26(29)27-17-9-11-18(12-10-17)31-4-2)16-19-13-14-21(32-19)24-28-20-7-5-6-8-22(20)33-24/h3,5-14,16H,1,4,15H2,2H3/b23-16-,27-26?. The Morgan fingerprint density at radius 3 is 2.74 bits per heavy atom. The number of thioether (sulfide) groups is 1. The van der Waals surface area contributed by atoms with Crippen molar-refractivity contribution in [1.82, 2.24) is 9.88 Å². The Labute approximate surface area is 205 Å². The largest absolute Gasteiger partial charge is 0.494 e. The maximum Gasteiger partial charge on any atom is 0.267 e. The second kappa shape index (κ2) is 9.70. The number of aliphatic imine (C=N–C) groups is 1. The molecule has 2 aromatic carbocycles. The van der Waals surface area contributed by atoms with Gasteiger partial charge in [-0.15, -0.1) is 17.9 Å². The fraction of sp³-hybridized carbons (Fsp3) is 0.115. The molecule has 1 aliphatic heterocycles. The fourth-order valence-electron chi connectivity index (χ4n) is 3.43. The van der Waals surface area contributed by atoms with E-state index in [1.165, 1.54) is 11.8 Å². The Kier molecular flexibility index (Phi) is 6.33. The summed E-state index contributed by atoms with van der Waals surface area (Å²) in [5, 5.41) is 1.40. The van der Waals surface area contributed by atoms with Gasteiger partial charge in [0.2, 0.25) is 0 Å². The average Bonchev–Trinajstić information content (AvgIpc) is 3.55. The molecule has 1 saturated heterocycles. The molecule has 0 bridgehead atoms. The van der Waals surface area contributed by atoms with Crippen LogP contribution in [-0.4, -0.2) is 34.1 Å². The quantitative estimate of drug-likeness (QED) is 0.213. The summed E-state index contributed by atoms with van der Waals surface area (Å²) >= 11 is 2.89. The van der Waals surface area contributed by atoms with Crippen molar-refractivity contribution < 1.29 is 13.9 Å². The van der Waals surface area contributed by atoms with Crippen molar-refractivity contribution in [1.29, 1.82) is 0 Å². The summed E-state index contributed by atoms with van der Waals surface area (Å²) in [6, 6.07) is 19.2. The number of carbonyl (C=O) groups is 1. The van der Waals surface area contributed by atoms with Crippen molar-refractivity contribution >= 4 is 56.2 Å². The zero-order chi connectivity index (χ0) is 23.5. The van der Waals surface area contributed by atoms with Gasteiger partial charge in [-0.05, 0) is 67.2 Å². The molecule has 1 fully saturated rings. The van der Waals surface area contributed by atoms with Gasteiger partial charge in [0.25, 0.3) is 5.91 Å². The summed E-state index contributed by atoms with van der Waals surface area (Å²) in [5.74, 6) is 1.92. The number of carbonyl (C=O) groups excluding carboxylic acids is 1. The van der Waals surface area contributed by atoms with Crippen LogP contribution in [0.2, 0.25) is 0 Å². The van der Waals surface area contributed by atoms with Crippen LogP contribution in [0.15, 0.2) is 87.6 Å². The van der Waals surface area contributed by atoms with Gasteiger partial charge in [0.05, 0.1) is 27.4 Å². The highest BCUT2D eigenvalue weighted by molar-refractivity contribution is 8.18. The summed E-state index contributed by atoms with van der Waals surface area (Å²) in [6.45, 7) is 6.69. The molecule has 0 aliphatic carbocycles. The van der Waals surface area contributed by atoms with Crippen LogP contribution in [0, 0.1) is 0 Å². The van der Waals surface area contributed by atoms with Crippen LogP contribution in [0.25, 0.3) is 27.1 Å². The van der Waals surface area contributed by atoms with E-state index in [0.717, 1.165) is 26.7 Å². The number of para-hydroxylation sites is 1. The third kappa shape index (κ3) is 4.55. The molecule has 5 rings (SSSR count). The predicted octanol–water partition coefficient (Wildman–Crippen LogP) is 6.75. The number of furan rings is 1. The predicted molar refractivity (Wildman–Crippen MR) is 140 cm³/mol. The van der Waals surface area contributed by atoms with Crippen molar-refractivity contribution in [2.45, 2.75) is 6.92 Å². The number of fused-ring (bicyclic) bond motifs is 1. The van der Waals surface area contributed by atoms with Gasteiger partial charge in [-0.2, -0.15) is 0 Å². The van der Waals surface area contributed by atoms with Crippen LogP contribution in [-0.2, 0) is 4.79 Å². The molecule has 0 saturated carbocycles. The Hall–Kier alpha value is -3.62. The molecule has 0 atom stereocenters. The Balaban J connectivity index is 1.40. The third-order valence-corrected chi connectivity index (χ3v) is 7.03. The molecule has 0 unspecified atom stereocenters. The third-order valence-electron chi connectivity index (χ3n) is 4.98. The minimum Gasteiger partial charge on any atom is -0.494 e. The van der Waals surface area contributed by atoms with E-state index in [4.69, 9.17) is 9.15 Å². The summed E-state index contributed by atoms with van der Waals surface area (Å²) < 4.78 is 12.6. The highest BCUT2D eigenvalue weighted by Gasteiger charge is 2.33. The van der Waals surface area contributed by atoms with Crippen molar-refractivity contribution in [3.63, 3.8) is 0 Å². The van der Waals surface area contributed by atoms with Crippen LogP contribution in [0.1, 0.15) is 12.7 Å². The lowest BCUT2D eigenvalue weighted by molar-refractivity contribution is -0.121. The van der Waals surface area contributed by atoms with Gasteiger partial charge in [-0.3, -0.25) is 9.69 Å². The van der Waals surface area contributed by atoms with Crippen LogP contribution >= 0.6 is 23.1 Å². The molecule has 0 N–H and O–H groups in total. The molecule has 0 spiro atoms. The van der Waals surface area contributed by atoms with Gasteiger partial charge in [0, 0.05) is 12.6 Å². The first-order chi connectivity index (χ1) is 16.6. The van der Waals surface area contributed by atoms with E-state index in [-0.39, 0.29) is 5.91 Å². The lowest BCUT2D eigenvalue weighted by atomic mass is 10.3. The maximum absolute atomic E-state index is 13.1. The minimum atomic E-state index is -0.132. The number of amidine groups is 1. The van der Waals surface area contributed by atoms with E-state index in [9.17, 15) is 4.79 Å². The SMILES string of the molecule is C=CCN1C(=O)/C(=C/c2ccc(-c3nc4ccccc4s3)o2)SC1=Nc1ccc(OCC)cc1. The van der Waals surface area contributed by atoms with Crippen LogP contribution in [0.5, 0.6) is 5.75 Å². The van der Waals surface area contributed by atoms with E-state index in [2.05, 4.69) is 16.6 Å². The molecule has 34 heavy (non-hydrogen) atoms. The second-order valence-corrected chi connectivity index (χ2v) is 9.36. The van der Waals surface area contributed by atoms with Crippen molar-refractivity contribution in [3.05, 3.63) is 84.0 Å². The van der Waals surface area contributed by atoms with Gasteiger partial charge >= 0.3 is 0 Å². The molecule has 4 aromatic rings. The molecular weight excluding hydrogens is 466 g/mol. The van der Waals surface area contributed by atoms with Crippen molar-refractivity contribution in [3.8, 4) is 16.5 Å².